The Bertz CT molecular complexity index is 1120. The van der Waals surface area contributed by atoms with Crippen molar-refractivity contribution in [2.75, 3.05) is 12.4 Å². The lowest BCUT2D eigenvalue weighted by molar-refractivity contribution is -0.385. The second kappa shape index (κ2) is 9.84. The van der Waals surface area contributed by atoms with E-state index in [0.717, 1.165) is 6.08 Å². The van der Waals surface area contributed by atoms with E-state index in [1.165, 1.54) is 31.4 Å². The summed E-state index contributed by atoms with van der Waals surface area (Å²) in [7, 11) is 1.21. The molecule has 8 nitrogen and oxygen atoms in total. The number of nitro groups is 1. The normalized spacial score (nSPS) is 10.5. The first-order valence-electron chi connectivity index (χ1n) is 9.15. The zero-order chi connectivity index (χ0) is 22.2. The predicted molar refractivity (Wildman–Crippen MR) is 115 cm³/mol. The molecular formula is C23H18N2O6. The van der Waals surface area contributed by atoms with Crippen molar-refractivity contribution in [3.63, 3.8) is 0 Å². The van der Waals surface area contributed by atoms with E-state index in [-0.39, 0.29) is 17.2 Å². The van der Waals surface area contributed by atoms with Gasteiger partial charge in [0.2, 0.25) is 0 Å². The van der Waals surface area contributed by atoms with Crippen LogP contribution in [0.5, 0.6) is 11.5 Å². The summed E-state index contributed by atoms with van der Waals surface area (Å²) in [5.74, 6) is -0.0499. The third-order valence-electron chi connectivity index (χ3n) is 4.18. The standard InChI is InChI=1S/C23H18N2O6/c1-30-22(26)14-7-17-15-20(12-13-21(17)25(28)29)31-19-10-8-18(9-11-19)24-23(27)16-5-3-2-4-6-16/h2-15H,1H3,(H,24,27). The monoisotopic (exact) mass is 418 g/mol. The lowest BCUT2D eigenvalue weighted by atomic mass is 10.1. The first-order valence-corrected chi connectivity index (χ1v) is 9.15. The van der Waals surface area contributed by atoms with Crippen molar-refractivity contribution in [3.05, 3.63) is 100 Å². The Kier molecular flexibility index (Phi) is 6.74. The molecule has 0 aliphatic rings. The molecule has 0 fully saturated rings. The molecule has 0 aliphatic carbocycles. The van der Waals surface area contributed by atoms with Crippen molar-refractivity contribution in [1.29, 1.82) is 0 Å². The predicted octanol–water partition coefficient (Wildman–Crippen LogP) is 4.83. The molecule has 8 heteroatoms. The molecule has 1 N–H and O–H groups in total. The number of benzene rings is 3. The number of carbonyl (C=O) groups excluding carboxylic acids is 2. The molecule has 0 aromatic heterocycles. The summed E-state index contributed by atoms with van der Waals surface area (Å²) in [6.07, 6.45) is 2.38. The van der Waals surface area contributed by atoms with Crippen LogP contribution < -0.4 is 10.1 Å². The second-order valence-corrected chi connectivity index (χ2v) is 6.28. The smallest absolute Gasteiger partial charge is 0.330 e. The number of hydrogen-bond acceptors (Lipinski definition) is 6. The quantitative estimate of drug-likeness (QED) is 0.255. The molecule has 0 heterocycles. The molecule has 31 heavy (non-hydrogen) atoms. The number of nitrogens with one attached hydrogen (secondary N) is 1. The topological polar surface area (TPSA) is 108 Å². The molecule has 0 saturated heterocycles. The maximum atomic E-state index is 12.2. The highest BCUT2D eigenvalue weighted by Gasteiger charge is 2.13. The average molecular weight is 418 g/mol. The molecule has 1 amide bonds. The van der Waals surface area contributed by atoms with Gasteiger partial charge in [-0.1, -0.05) is 18.2 Å². The number of esters is 1. The number of carbonyl (C=O) groups is 2. The van der Waals surface area contributed by atoms with Gasteiger partial charge >= 0.3 is 5.97 Å². The third kappa shape index (κ3) is 5.77. The van der Waals surface area contributed by atoms with Crippen molar-refractivity contribution >= 4 is 29.3 Å². The molecule has 0 atom stereocenters. The molecule has 156 valence electrons. The molecule has 3 aromatic carbocycles. The van der Waals surface area contributed by atoms with E-state index in [4.69, 9.17) is 4.74 Å². The van der Waals surface area contributed by atoms with Crippen molar-refractivity contribution in [1.82, 2.24) is 0 Å². The highest BCUT2D eigenvalue weighted by atomic mass is 16.6. The number of rotatable bonds is 7. The van der Waals surface area contributed by atoms with E-state index >= 15 is 0 Å². The van der Waals surface area contributed by atoms with E-state index in [2.05, 4.69) is 10.1 Å². The van der Waals surface area contributed by atoms with Crippen LogP contribution in [0.2, 0.25) is 0 Å². The summed E-state index contributed by atoms with van der Waals surface area (Å²) < 4.78 is 10.3. The number of nitro benzene ring substituents is 1. The molecule has 0 aliphatic heterocycles. The minimum Gasteiger partial charge on any atom is -0.466 e. The van der Waals surface area contributed by atoms with Crippen LogP contribution >= 0.6 is 0 Å². The van der Waals surface area contributed by atoms with Crippen LogP contribution in [-0.4, -0.2) is 23.9 Å². The van der Waals surface area contributed by atoms with Gasteiger partial charge in [0.15, 0.2) is 0 Å². The van der Waals surface area contributed by atoms with Crippen molar-refractivity contribution in [3.8, 4) is 11.5 Å². The maximum absolute atomic E-state index is 12.2. The lowest BCUT2D eigenvalue weighted by Crippen LogP contribution is -2.11. The van der Waals surface area contributed by atoms with Crippen molar-refractivity contribution in [2.24, 2.45) is 0 Å². The lowest BCUT2D eigenvalue weighted by Gasteiger charge is -2.09. The number of anilines is 1. The van der Waals surface area contributed by atoms with E-state index in [9.17, 15) is 19.7 Å². The summed E-state index contributed by atoms with van der Waals surface area (Å²) in [6, 6.07) is 19.7. The van der Waals surface area contributed by atoms with Crippen molar-refractivity contribution in [2.45, 2.75) is 0 Å². The molecule has 3 rings (SSSR count). The zero-order valence-corrected chi connectivity index (χ0v) is 16.5. The largest absolute Gasteiger partial charge is 0.466 e. The summed E-state index contributed by atoms with van der Waals surface area (Å²) in [5, 5.41) is 14.0. The van der Waals surface area contributed by atoms with Gasteiger partial charge in [0.05, 0.1) is 17.6 Å². The van der Waals surface area contributed by atoms with Crippen LogP contribution in [0.25, 0.3) is 6.08 Å². The Morgan fingerprint density at radius 2 is 1.65 bits per heavy atom. The SMILES string of the molecule is COC(=O)C=Cc1cc(Oc2ccc(NC(=O)c3ccccc3)cc2)ccc1[N+](=O)[O-]. The van der Waals surface area contributed by atoms with Gasteiger partial charge < -0.3 is 14.8 Å². The molecule has 0 unspecified atom stereocenters. The van der Waals surface area contributed by atoms with Gasteiger partial charge in [0.25, 0.3) is 11.6 Å². The summed E-state index contributed by atoms with van der Waals surface area (Å²) in [5.41, 5.74) is 1.15. The minimum atomic E-state index is -0.631. The van der Waals surface area contributed by atoms with Gasteiger partial charge in [-0.3, -0.25) is 14.9 Å². The average Bonchev–Trinajstić information content (AvgIpc) is 2.79. The van der Waals surface area contributed by atoms with E-state index < -0.39 is 10.9 Å². The molecule has 3 aromatic rings. The minimum absolute atomic E-state index is 0.175. The van der Waals surface area contributed by atoms with Crippen molar-refractivity contribution < 1.29 is 24.0 Å². The molecule has 0 spiro atoms. The Hall–Kier alpha value is -4.46. The fourth-order valence-corrected chi connectivity index (χ4v) is 2.66. The zero-order valence-electron chi connectivity index (χ0n) is 16.5. The van der Waals surface area contributed by atoms with Crippen LogP contribution in [0, 0.1) is 10.1 Å². The first kappa shape index (κ1) is 21.3. The van der Waals surface area contributed by atoms with E-state index in [1.54, 1.807) is 48.5 Å². The van der Waals surface area contributed by atoms with Gasteiger partial charge in [-0.2, -0.15) is 0 Å². The van der Waals surface area contributed by atoms with E-state index in [1.807, 2.05) is 6.07 Å². The van der Waals surface area contributed by atoms with E-state index in [0.29, 0.717) is 22.7 Å². The Morgan fingerprint density at radius 1 is 0.968 bits per heavy atom. The van der Waals surface area contributed by atoms with Crippen LogP contribution in [-0.2, 0) is 9.53 Å². The van der Waals surface area contributed by atoms with Gasteiger partial charge in [0, 0.05) is 23.4 Å². The summed E-state index contributed by atoms with van der Waals surface area (Å²) in [6.45, 7) is 0. The van der Waals surface area contributed by atoms with Crippen LogP contribution in [0.3, 0.4) is 0 Å². The number of ether oxygens (including phenoxy) is 2. The van der Waals surface area contributed by atoms with Crippen LogP contribution in [0.15, 0.2) is 78.9 Å². The highest BCUT2D eigenvalue weighted by Crippen LogP contribution is 2.29. The third-order valence-corrected chi connectivity index (χ3v) is 4.18. The fourth-order valence-electron chi connectivity index (χ4n) is 2.66. The molecule has 0 bridgehead atoms. The van der Waals surface area contributed by atoms with Gasteiger partial charge in [0.1, 0.15) is 11.5 Å². The summed E-state index contributed by atoms with van der Waals surface area (Å²) >= 11 is 0. The second-order valence-electron chi connectivity index (χ2n) is 6.28. The van der Waals surface area contributed by atoms with Gasteiger partial charge in [-0.15, -0.1) is 0 Å². The van der Waals surface area contributed by atoms with Crippen LogP contribution in [0.1, 0.15) is 15.9 Å². The Labute approximate surface area is 177 Å². The van der Waals surface area contributed by atoms with Crippen LogP contribution in [0.4, 0.5) is 11.4 Å². The Morgan fingerprint density at radius 3 is 2.29 bits per heavy atom. The molecular weight excluding hydrogens is 400 g/mol. The fraction of sp³-hybridized carbons (Fsp3) is 0.0435. The summed E-state index contributed by atoms with van der Waals surface area (Å²) in [4.78, 5) is 34.2. The maximum Gasteiger partial charge on any atom is 0.330 e. The number of methoxy groups -OCH3 is 1. The Balaban J connectivity index is 1.73. The number of amides is 1. The molecule has 0 radical (unpaired) electrons. The first-order chi connectivity index (χ1) is 15.0. The number of hydrogen-bond donors (Lipinski definition) is 1. The van der Waals surface area contributed by atoms with Gasteiger partial charge in [-0.05, 0) is 54.6 Å². The molecule has 0 saturated carbocycles. The highest BCUT2D eigenvalue weighted by molar-refractivity contribution is 6.04. The number of nitrogens with zero attached hydrogens (tertiary/aromatic N) is 1. The van der Waals surface area contributed by atoms with Gasteiger partial charge in [-0.25, -0.2) is 4.79 Å².